The summed E-state index contributed by atoms with van der Waals surface area (Å²) in [5.41, 5.74) is 1.78. The molecule has 1 saturated carbocycles. The third-order valence-electron chi connectivity index (χ3n) is 5.86. The smallest absolute Gasteiger partial charge is 0.225 e. The fraction of sp³-hybridized carbons (Fsp3) is 0.435. The number of hydrogen-bond acceptors (Lipinski definition) is 5. The summed E-state index contributed by atoms with van der Waals surface area (Å²) in [4.78, 5) is 19.7. The van der Waals surface area contributed by atoms with Gasteiger partial charge in [0.15, 0.2) is 5.11 Å². The van der Waals surface area contributed by atoms with E-state index in [-0.39, 0.29) is 17.7 Å². The molecule has 2 aromatic rings. The molecule has 1 amide bonds. The summed E-state index contributed by atoms with van der Waals surface area (Å²) < 4.78 is 11.1. The first-order chi connectivity index (χ1) is 15.1. The number of likely N-dealkylation sites (tertiary alicyclic amines) is 1. The number of aromatic nitrogens is 1. The van der Waals surface area contributed by atoms with Crippen molar-refractivity contribution in [2.75, 3.05) is 27.3 Å². The standard InChI is InChI=1S/C23H28N4O3S/c1-29-17-8-9-21(30-2)18(11-17)19-13-27(23(31)26-15-6-7-15)14-20(19)22(28)25-12-16-5-3-4-10-24-16/h3-5,8-11,15,19-20H,6-7,12-14H2,1-2H3,(H,25,28)(H,26,31)/t19-,20+/m0/s1. The van der Waals surface area contributed by atoms with Crippen LogP contribution < -0.4 is 20.1 Å². The monoisotopic (exact) mass is 440 g/mol. The molecule has 0 radical (unpaired) electrons. The highest BCUT2D eigenvalue weighted by atomic mass is 32.1. The van der Waals surface area contributed by atoms with Crippen molar-refractivity contribution in [3.63, 3.8) is 0 Å². The minimum absolute atomic E-state index is 0.0164. The molecule has 1 saturated heterocycles. The fourth-order valence-electron chi connectivity index (χ4n) is 3.98. The molecular formula is C23H28N4O3S. The molecule has 2 heterocycles. The second kappa shape index (κ2) is 9.51. The largest absolute Gasteiger partial charge is 0.497 e. The molecule has 1 aliphatic heterocycles. The van der Waals surface area contributed by atoms with Gasteiger partial charge in [0.2, 0.25) is 5.91 Å². The van der Waals surface area contributed by atoms with Gasteiger partial charge in [0.1, 0.15) is 11.5 Å². The quantitative estimate of drug-likeness (QED) is 0.641. The van der Waals surface area contributed by atoms with Gasteiger partial charge < -0.3 is 25.0 Å². The molecule has 164 valence electrons. The Labute approximate surface area is 188 Å². The van der Waals surface area contributed by atoms with Crippen LogP contribution in [0.1, 0.15) is 30.0 Å². The molecular weight excluding hydrogens is 412 g/mol. The summed E-state index contributed by atoms with van der Waals surface area (Å²) in [6, 6.07) is 11.9. The lowest BCUT2D eigenvalue weighted by molar-refractivity contribution is -0.125. The predicted molar refractivity (Wildman–Crippen MR) is 122 cm³/mol. The molecule has 1 aromatic carbocycles. The molecule has 1 aromatic heterocycles. The van der Waals surface area contributed by atoms with Crippen LogP contribution in [0.3, 0.4) is 0 Å². The molecule has 31 heavy (non-hydrogen) atoms. The molecule has 1 aliphatic carbocycles. The lowest BCUT2D eigenvalue weighted by Gasteiger charge is -2.21. The Hall–Kier alpha value is -2.87. The van der Waals surface area contributed by atoms with Crippen molar-refractivity contribution < 1.29 is 14.3 Å². The molecule has 7 nitrogen and oxygen atoms in total. The Morgan fingerprint density at radius 3 is 2.71 bits per heavy atom. The van der Waals surface area contributed by atoms with Crippen LogP contribution in [0.2, 0.25) is 0 Å². The summed E-state index contributed by atoms with van der Waals surface area (Å²) in [6.07, 6.45) is 4.02. The normalized spacial score (nSPS) is 20.3. The number of carbonyl (C=O) groups excluding carboxylic acids is 1. The first kappa shape index (κ1) is 21.4. The topological polar surface area (TPSA) is 75.7 Å². The maximum atomic E-state index is 13.3. The van der Waals surface area contributed by atoms with Crippen LogP contribution in [0.15, 0.2) is 42.6 Å². The van der Waals surface area contributed by atoms with Crippen LogP contribution >= 0.6 is 12.2 Å². The van der Waals surface area contributed by atoms with Crippen LogP contribution in [-0.2, 0) is 11.3 Å². The Morgan fingerprint density at radius 1 is 1.19 bits per heavy atom. The van der Waals surface area contributed by atoms with Gasteiger partial charge >= 0.3 is 0 Å². The van der Waals surface area contributed by atoms with E-state index in [1.165, 1.54) is 0 Å². The van der Waals surface area contributed by atoms with Crippen LogP contribution in [0, 0.1) is 5.92 Å². The number of ether oxygens (including phenoxy) is 2. The van der Waals surface area contributed by atoms with Crippen LogP contribution in [0.4, 0.5) is 0 Å². The average molecular weight is 441 g/mol. The van der Waals surface area contributed by atoms with Gasteiger partial charge in [-0.25, -0.2) is 0 Å². The van der Waals surface area contributed by atoms with Crippen molar-refractivity contribution in [1.82, 2.24) is 20.5 Å². The second-order valence-corrected chi connectivity index (χ2v) is 8.38. The molecule has 2 atom stereocenters. The molecule has 0 bridgehead atoms. The number of carbonyl (C=O) groups is 1. The van der Waals surface area contributed by atoms with E-state index in [2.05, 4.69) is 20.5 Å². The highest BCUT2D eigenvalue weighted by Crippen LogP contribution is 2.39. The van der Waals surface area contributed by atoms with Gasteiger partial charge in [0.05, 0.1) is 32.4 Å². The fourth-order valence-corrected chi connectivity index (χ4v) is 4.30. The number of methoxy groups -OCH3 is 2. The second-order valence-electron chi connectivity index (χ2n) is 7.99. The number of amides is 1. The van der Waals surface area contributed by atoms with E-state index in [1.807, 2.05) is 36.4 Å². The third kappa shape index (κ3) is 5.07. The first-order valence-corrected chi connectivity index (χ1v) is 10.9. The van der Waals surface area contributed by atoms with E-state index in [4.69, 9.17) is 21.7 Å². The Balaban J connectivity index is 1.56. The lowest BCUT2D eigenvalue weighted by Crippen LogP contribution is -2.40. The number of nitrogens with one attached hydrogen (secondary N) is 2. The van der Waals surface area contributed by atoms with Crippen molar-refractivity contribution in [3.05, 3.63) is 53.9 Å². The van der Waals surface area contributed by atoms with Crippen molar-refractivity contribution in [1.29, 1.82) is 0 Å². The highest BCUT2D eigenvalue weighted by molar-refractivity contribution is 7.80. The summed E-state index contributed by atoms with van der Waals surface area (Å²) in [5, 5.41) is 7.17. The highest BCUT2D eigenvalue weighted by Gasteiger charge is 2.41. The molecule has 2 fully saturated rings. The van der Waals surface area contributed by atoms with E-state index in [9.17, 15) is 4.79 Å². The van der Waals surface area contributed by atoms with Crippen molar-refractivity contribution >= 4 is 23.2 Å². The van der Waals surface area contributed by atoms with Gasteiger partial charge in [-0.1, -0.05) is 6.07 Å². The van der Waals surface area contributed by atoms with Gasteiger partial charge in [-0.2, -0.15) is 0 Å². The first-order valence-electron chi connectivity index (χ1n) is 10.5. The summed E-state index contributed by atoms with van der Waals surface area (Å²) in [7, 11) is 3.28. The van der Waals surface area contributed by atoms with Crippen molar-refractivity contribution in [2.45, 2.75) is 31.3 Å². The molecule has 8 heteroatoms. The number of rotatable bonds is 7. The zero-order chi connectivity index (χ0) is 21.8. The molecule has 0 spiro atoms. The summed E-state index contributed by atoms with van der Waals surface area (Å²) >= 11 is 5.64. The van der Waals surface area contributed by atoms with E-state index >= 15 is 0 Å². The third-order valence-corrected chi connectivity index (χ3v) is 6.23. The average Bonchev–Trinajstić information content (AvgIpc) is 3.51. The number of pyridine rings is 1. The lowest BCUT2D eigenvalue weighted by atomic mass is 9.87. The van der Waals surface area contributed by atoms with Gasteiger partial charge in [-0.3, -0.25) is 9.78 Å². The van der Waals surface area contributed by atoms with Gasteiger partial charge in [0, 0.05) is 36.8 Å². The predicted octanol–water partition coefficient (Wildman–Crippen LogP) is 2.47. The number of benzene rings is 1. The maximum absolute atomic E-state index is 13.3. The molecule has 0 unspecified atom stereocenters. The van der Waals surface area contributed by atoms with Crippen LogP contribution in [0.25, 0.3) is 0 Å². The van der Waals surface area contributed by atoms with Crippen molar-refractivity contribution in [2.24, 2.45) is 5.92 Å². The maximum Gasteiger partial charge on any atom is 0.225 e. The van der Waals surface area contributed by atoms with Gasteiger partial charge in [-0.05, 0) is 55.4 Å². The Kier molecular flexibility index (Phi) is 6.56. The SMILES string of the molecule is COc1ccc(OC)c([C@@H]2CN(C(=S)NC3CC3)C[C@H]2C(=O)NCc2ccccn2)c1. The summed E-state index contributed by atoms with van der Waals surface area (Å²) in [5.74, 6) is 1.12. The van der Waals surface area contributed by atoms with Crippen molar-refractivity contribution in [3.8, 4) is 11.5 Å². The van der Waals surface area contributed by atoms with E-state index in [0.29, 0.717) is 25.7 Å². The summed E-state index contributed by atoms with van der Waals surface area (Å²) in [6.45, 7) is 1.59. The zero-order valence-electron chi connectivity index (χ0n) is 17.8. The molecule has 2 N–H and O–H groups in total. The van der Waals surface area contributed by atoms with Crippen LogP contribution in [-0.4, -0.2) is 54.3 Å². The number of thiocarbonyl (C=S) groups is 1. The Bertz CT molecular complexity index is 936. The van der Waals surface area contributed by atoms with Gasteiger partial charge in [-0.15, -0.1) is 0 Å². The minimum Gasteiger partial charge on any atom is -0.497 e. The van der Waals surface area contributed by atoms with E-state index in [1.54, 1.807) is 20.4 Å². The van der Waals surface area contributed by atoms with E-state index < -0.39 is 0 Å². The van der Waals surface area contributed by atoms with Crippen LogP contribution in [0.5, 0.6) is 11.5 Å². The van der Waals surface area contributed by atoms with E-state index in [0.717, 1.165) is 40.7 Å². The number of hydrogen-bond donors (Lipinski definition) is 2. The molecule has 2 aliphatic rings. The zero-order valence-corrected chi connectivity index (χ0v) is 18.7. The Morgan fingerprint density at radius 2 is 2.03 bits per heavy atom. The van der Waals surface area contributed by atoms with Gasteiger partial charge in [0.25, 0.3) is 0 Å². The molecule has 4 rings (SSSR count). The number of nitrogens with zero attached hydrogens (tertiary/aromatic N) is 2. The minimum atomic E-state index is -0.274.